The van der Waals surface area contributed by atoms with Crippen LogP contribution in [0.25, 0.3) is 0 Å². The third-order valence-corrected chi connectivity index (χ3v) is 4.08. The SMILES string of the molecule is Cc1occc1C(=O)N/N=C\c1cccc(NC(=O)c2ccccc2Cl)c1. The van der Waals surface area contributed by atoms with E-state index in [1.165, 1.54) is 12.5 Å². The molecule has 0 unspecified atom stereocenters. The molecule has 2 amide bonds. The van der Waals surface area contributed by atoms with Gasteiger partial charge in [-0.15, -0.1) is 0 Å². The van der Waals surface area contributed by atoms with E-state index in [4.69, 9.17) is 16.0 Å². The van der Waals surface area contributed by atoms with Gasteiger partial charge in [0.15, 0.2) is 0 Å². The van der Waals surface area contributed by atoms with E-state index in [1.807, 2.05) is 0 Å². The second-order valence-electron chi connectivity index (χ2n) is 5.65. The van der Waals surface area contributed by atoms with Gasteiger partial charge in [-0.25, -0.2) is 5.43 Å². The van der Waals surface area contributed by atoms with Gasteiger partial charge in [-0.05, 0) is 42.8 Å². The Kier molecular flexibility index (Phi) is 5.68. The summed E-state index contributed by atoms with van der Waals surface area (Å²) in [5.41, 5.74) is 4.54. The van der Waals surface area contributed by atoms with Crippen LogP contribution in [0, 0.1) is 6.92 Å². The number of furan rings is 1. The van der Waals surface area contributed by atoms with Crippen molar-refractivity contribution in [2.45, 2.75) is 6.92 Å². The number of halogens is 1. The van der Waals surface area contributed by atoms with E-state index in [-0.39, 0.29) is 11.8 Å². The van der Waals surface area contributed by atoms with Crippen LogP contribution in [0.2, 0.25) is 5.02 Å². The number of amides is 2. The van der Waals surface area contributed by atoms with E-state index in [2.05, 4.69) is 15.8 Å². The number of rotatable bonds is 5. The molecule has 0 bridgehead atoms. The number of hydrogen-bond acceptors (Lipinski definition) is 4. The highest BCUT2D eigenvalue weighted by Crippen LogP contribution is 2.17. The molecule has 0 saturated carbocycles. The van der Waals surface area contributed by atoms with E-state index in [1.54, 1.807) is 61.5 Å². The molecular weight excluding hydrogens is 366 g/mol. The first kappa shape index (κ1) is 18.4. The molecule has 1 heterocycles. The Balaban J connectivity index is 1.65. The summed E-state index contributed by atoms with van der Waals surface area (Å²) in [6, 6.07) is 15.4. The fourth-order valence-corrected chi connectivity index (χ4v) is 2.61. The van der Waals surface area contributed by atoms with E-state index < -0.39 is 0 Å². The molecular formula is C20H16ClN3O3. The minimum atomic E-state index is -0.360. The van der Waals surface area contributed by atoms with Gasteiger partial charge in [0.25, 0.3) is 11.8 Å². The lowest BCUT2D eigenvalue weighted by Gasteiger charge is -2.07. The van der Waals surface area contributed by atoms with Gasteiger partial charge in [-0.2, -0.15) is 5.10 Å². The van der Waals surface area contributed by atoms with Crippen molar-refractivity contribution in [1.82, 2.24) is 5.43 Å². The highest BCUT2D eigenvalue weighted by molar-refractivity contribution is 6.34. The van der Waals surface area contributed by atoms with E-state index in [9.17, 15) is 9.59 Å². The average molecular weight is 382 g/mol. The summed E-state index contributed by atoms with van der Waals surface area (Å²) in [5.74, 6) is -0.147. The molecule has 6 nitrogen and oxygen atoms in total. The van der Waals surface area contributed by atoms with Gasteiger partial charge >= 0.3 is 0 Å². The molecule has 3 rings (SSSR count). The Morgan fingerprint density at radius 3 is 2.59 bits per heavy atom. The van der Waals surface area contributed by atoms with Crippen molar-refractivity contribution in [3.8, 4) is 0 Å². The molecule has 0 atom stereocenters. The van der Waals surface area contributed by atoms with Gasteiger partial charge in [0, 0.05) is 5.69 Å². The summed E-state index contributed by atoms with van der Waals surface area (Å²) < 4.78 is 5.09. The van der Waals surface area contributed by atoms with Crippen LogP contribution in [-0.2, 0) is 0 Å². The molecule has 0 aliphatic heterocycles. The van der Waals surface area contributed by atoms with Crippen molar-refractivity contribution in [2.24, 2.45) is 5.10 Å². The molecule has 2 aromatic carbocycles. The molecule has 2 N–H and O–H groups in total. The van der Waals surface area contributed by atoms with Crippen molar-refractivity contribution in [2.75, 3.05) is 5.32 Å². The van der Waals surface area contributed by atoms with E-state index >= 15 is 0 Å². The topological polar surface area (TPSA) is 83.7 Å². The Hall–Kier alpha value is -3.38. The van der Waals surface area contributed by atoms with Crippen molar-refractivity contribution < 1.29 is 14.0 Å². The summed E-state index contributed by atoms with van der Waals surface area (Å²) in [5, 5.41) is 7.09. The van der Waals surface area contributed by atoms with Gasteiger partial charge in [0.1, 0.15) is 5.76 Å². The van der Waals surface area contributed by atoms with Crippen LogP contribution in [0.1, 0.15) is 32.0 Å². The van der Waals surface area contributed by atoms with Gasteiger partial charge < -0.3 is 9.73 Å². The maximum atomic E-state index is 12.3. The number of carbonyl (C=O) groups is 2. The van der Waals surface area contributed by atoms with Crippen LogP contribution in [0.3, 0.4) is 0 Å². The number of nitrogens with zero attached hydrogens (tertiary/aromatic N) is 1. The fourth-order valence-electron chi connectivity index (χ4n) is 2.39. The first-order chi connectivity index (χ1) is 13.0. The molecule has 0 saturated heterocycles. The lowest BCUT2D eigenvalue weighted by Crippen LogP contribution is -2.17. The number of anilines is 1. The number of hydrazone groups is 1. The first-order valence-electron chi connectivity index (χ1n) is 8.08. The second-order valence-corrected chi connectivity index (χ2v) is 6.06. The molecule has 27 heavy (non-hydrogen) atoms. The quantitative estimate of drug-likeness (QED) is 0.511. The summed E-state index contributed by atoms with van der Waals surface area (Å²) in [4.78, 5) is 24.3. The van der Waals surface area contributed by atoms with Gasteiger partial charge in [0.05, 0.1) is 28.6 Å². The maximum absolute atomic E-state index is 12.3. The third-order valence-electron chi connectivity index (χ3n) is 3.75. The van der Waals surface area contributed by atoms with Crippen molar-refractivity contribution in [3.05, 3.63) is 88.3 Å². The Bertz CT molecular complexity index is 1010. The molecule has 136 valence electrons. The lowest BCUT2D eigenvalue weighted by atomic mass is 10.2. The number of aryl methyl sites for hydroxylation is 1. The third kappa shape index (κ3) is 4.62. The van der Waals surface area contributed by atoms with Crippen molar-refractivity contribution >= 4 is 35.3 Å². The van der Waals surface area contributed by atoms with Gasteiger partial charge in [0.2, 0.25) is 0 Å². The zero-order valence-electron chi connectivity index (χ0n) is 14.4. The smallest absolute Gasteiger partial charge is 0.274 e. The first-order valence-corrected chi connectivity index (χ1v) is 8.46. The maximum Gasteiger partial charge on any atom is 0.274 e. The number of carbonyl (C=O) groups excluding carboxylic acids is 2. The van der Waals surface area contributed by atoms with Crippen LogP contribution in [0.5, 0.6) is 0 Å². The predicted molar refractivity (Wildman–Crippen MR) is 104 cm³/mol. The highest BCUT2D eigenvalue weighted by atomic mass is 35.5. The Morgan fingerprint density at radius 1 is 1.04 bits per heavy atom. The van der Waals surface area contributed by atoms with E-state index in [0.29, 0.717) is 33.2 Å². The zero-order valence-corrected chi connectivity index (χ0v) is 15.2. The molecule has 0 aliphatic carbocycles. The summed E-state index contributed by atoms with van der Waals surface area (Å²) in [7, 11) is 0. The monoisotopic (exact) mass is 381 g/mol. The highest BCUT2D eigenvalue weighted by Gasteiger charge is 2.11. The lowest BCUT2D eigenvalue weighted by molar-refractivity contribution is 0.0952. The van der Waals surface area contributed by atoms with Crippen LogP contribution in [0.15, 0.2) is 70.4 Å². The Morgan fingerprint density at radius 2 is 1.85 bits per heavy atom. The second kappa shape index (κ2) is 8.33. The van der Waals surface area contributed by atoms with Crippen molar-refractivity contribution in [3.63, 3.8) is 0 Å². The van der Waals surface area contributed by atoms with Crippen LogP contribution in [-0.4, -0.2) is 18.0 Å². The molecule has 0 spiro atoms. The van der Waals surface area contributed by atoms with Crippen LogP contribution < -0.4 is 10.7 Å². The van der Waals surface area contributed by atoms with Gasteiger partial charge in [-0.1, -0.05) is 35.9 Å². The molecule has 0 fully saturated rings. The van der Waals surface area contributed by atoms with Gasteiger partial charge in [-0.3, -0.25) is 9.59 Å². The standard InChI is InChI=1S/C20H16ClN3O3/c1-13-16(9-10-27-13)20(26)24-22-12-14-5-4-6-15(11-14)23-19(25)17-7-2-3-8-18(17)21/h2-12H,1H3,(H,23,25)(H,24,26)/b22-12-. The van der Waals surface area contributed by atoms with Crippen LogP contribution in [0.4, 0.5) is 5.69 Å². The number of nitrogens with one attached hydrogen (secondary N) is 2. The average Bonchev–Trinajstić information content (AvgIpc) is 3.08. The minimum Gasteiger partial charge on any atom is -0.469 e. The largest absolute Gasteiger partial charge is 0.469 e. The van der Waals surface area contributed by atoms with Crippen LogP contribution >= 0.6 is 11.6 Å². The number of hydrogen-bond donors (Lipinski definition) is 2. The fraction of sp³-hybridized carbons (Fsp3) is 0.0500. The molecule has 0 radical (unpaired) electrons. The normalized spacial score (nSPS) is 10.7. The molecule has 3 aromatic rings. The molecule has 0 aliphatic rings. The summed E-state index contributed by atoms with van der Waals surface area (Å²) in [6.07, 6.45) is 2.93. The predicted octanol–water partition coefficient (Wildman–Crippen LogP) is 4.26. The minimum absolute atomic E-state index is 0.307. The zero-order chi connectivity index (χ0) is 19.2. The number of benzene rings is 2. The summed E-state index contributed by atoms with van der Waals surface area (Å²) in [6.45, 7) is 1.70. The molecule has 1 aromatic heterocycles. The van der Waals surface area contributed by atoms with E-state index in [0.717, 1.165) is 0 Å². The molecule has 7 heteroatoms. The van der Waals surface area contributed by atoms with Crippen molar-refractivity contribution in [1.29, 1.82) is 0 Å². The Labute approximate surface area is 160 Å². The summed E-state index contributed by atoms with van der Waals surface area (Å²) >= 11 is 6.04.